The van der Waals surface area contributed by atoms with Crippen molar-refractivity contribution in [2.75, 3.05) is 6.54 Å². The Bertz CT molecular complexity index is 144. The van der Waals surface area contributed by atoms with E-state index in [1.54, 1.807) is 0 Å². The molecule has 0 spiro atoms. The van der Waals surface area contributed by atoms with Crippen molar-refractivity contribution >= 4 is 0 Å². The molecule has 0 radical (unpaired) electrons. The summed E-state index contributed by atoms with van der Waals surface area (Å²) in [5.41, 5.74) is 5.91. The number of hydrogen-bond donors (Lipinski definition) is 2. The average Bonchev–Trinajstić information content (AvgIpc) is 2.45. The van der Waals surface area contributed by atoms with E-state index in [1.807, 2.05) is 0 Å². The predicted molar refractivity (Wildman–Crippen MR) is 46.3 cm³/mol. The lowest BCUT2D eigenvalue weighted by Crippen LogP contribution is -2.28. The SMILES string of the molecule is CCC1NCC2CC(N)CC21. The van der Waals surface area contributed by atoms with Crippen molar-refractivity contribution in [3.05, 3.63) is 0 Å². The van der Waals surface area contributed by atoms with Gasteiger partial charge in [-0.2, -0.15) is 0 Å². The van der Waals surface area contributed by atoms with Gasteiger partial charge in [0.15, 0.2) is 0 Å². The van der Waals surface area contributed by atoms with Gasteiger partial charge in [-0.15, -0.1) is 0 Å². The molecule has 0 amide bonds. The molecule has 1 saturated carbocycles. The van der Waals surface area contributed by atoms with Crippen molar-refractivity contribution in [1.29, 1.82) is 0 Å². The first kappa shape index (κ1) is 7.56. The molecule has 1 aliphatic carbocycles. The molecule has 11 heavy (non-hydrogen) atoms. The summed E-state index contributed by atoms with van der Waals surface area (Å²) in [4.78, 5) is 0. The van der Waals surface area contributed by atoms with E-state index in [0.29, 0.717) is 6.04 Å². The summed E-state index contributed by atoms with van der Waals surface area (Å²) < 4.78 is 0. The van der Waals surface area contributed by atoms with Gasteiger partial charge >= 0.3 is 0 Å². The standard InChI is InChI=1S/C9H18N2/c1-2-9-8-4-7(10)3-6(8)5-11-9/h6-9,11H,2-5,10H2,1H3. The molecule has 1 saturated heterocycles. The van der Waals surface area contributed by atoms with E-state index < -0.39 is 0 Å². The van der Waals surface area contributed by atoms with Gasteiger partial charge in [0.2, 0.25) is 0 Å². The Morgan fingerprint density at radius 1 is 1.45 bits per heavy atom. The van der Waals surface area contributed by atoms with Crippen molar-refractivity contribution < 1.29 is 0 Å². The lowest BCUT2D eigenvalue weighted by molar-refractivity contribution is 0.400. The van der Waals surface area contributed by atoms with Crippen LogP contribution in [-0.2, 0) is 0 Å². The summed E-state index contributed by atoms with van der Waals surface area (Å²) in [5, 5.41) is 3.57. The normalized spacial score (nSPS) is 49.6. The van der Waals surface area contributed by atoms with E-state index in [-0.39, 0.29) is 0 Å². The third kappa shape index (κ3) is 1.18. The highest BCUT2D eigenvalue weighted by atomic mass is 15.0. The van der Waals surface area contributed by atoms with E-state index in [2.05, 4.69) is 12.2 Å². The lowest BCUT2D eigenvalue weighted by atomic mass is 9.93. The largest absolute Gasteiger partial charge is 0.328 e. The van der Waals surface area contributed by atoms with E-state index in [4.69, 9.17) is 5.73 Å². The van der Waals surface area contributed by atoms with Gasteiger partial charge in [0.25, 0.3) is 0 Å². The maximum Gasteiger partial charge on any atom is 0.00965 e. The van der Waals surface area contributed by atoms with Crippen LogP contribution in [0.15, 0.2) is 0 Å². The van der Waals surface area contributed by atoms with Crippen LogP contribution in [0.5, 0.6) is 0 Å². The molecule has 2 nitrogen and oxygen atoms in total. The first-order valence-electron chi connectivity index (χ1n) is 4.80. The van der Waals surface area contributed by atoms with Crippen LogP contribution in [0, 0.1) is 11.8 Å². The van der Waals surface area contributed by atoms with E-state index in [0.717, 1.165) is 17.9 Å². The molecular formula is C9H18N2. The third-order valence-electron chi connectivity index (χ3n) is 3.38. The van der Waals surface area contributed by atoms with Crippen LogP contribution in [0.4, 0.5) is 0 Å². The van der Waals surface area contributed by atoms with Gasteiger partial charge < -0.3 is 11.1 Å². The highest BCUT2D eigenvalue weighted by Crippen LogP contribution is 2.37. The van der Waals surface area contributed by atoms with Crippen LogP contribution in [-0.4, -0.2) is 18.6 Å². The van der Waals surface area contributed by atoms with Crippen LogP contribution < -0.4 is 11.1 Å². The number of hydrogen-bond acceptors (Lipinski definition) is 2. The fourth-order valence-electron chi connectivity index (χ4n) is 2.83. The summed E-state index contributed by atoms with van der Waals surface area (Å²) in [6.45, 7) is 3.49. The molecule has 4 unspecified atom stereocenters. The average molecular weight is 154 g/mol. The first-order chi connectivity index (χ1) is 5.31. The zero-order valence-electron chi connectivity index (χ0n) is 7.22. The third-order valence-corrected chi connectivity index (χ3v) is 3.38. The molecule has 2 heteroatoms. The summed E-state index contributed by atoms with van der Waals surface area (Å²) in [6.07, 6.45) is 3.79. The minimum absolute atomic E-state index is 0.501. The molecule has 0 bridgehead atoms. The smallest absolute Gasteiger partial charge is 0.00965 e. The predicted octanol–water partition coefficient (Wildman–Crippen LogP) is 0.722. The second-order valence-corrected chi connectivity index (χ2v) is 4.08. The minimum Gasteiger partial charge on any atom is -0.328 e. The Balaban J connectivity index is 2.01. The minimum atomic E-state index is 0.501. The lowest BCUT2D eigenvalue weighted by Gasteiger charge is -2.15. The molecule has 3 N–H and O–H groups in total. The molecule has 2 rings (SSSR count). The van der Waals surface area contributed by atoms with E-state index in [1.165, 1.54) is 25.8 Å². The Morgan fingerprint density at radius 3 is 3.00 bits per heavy atom. The number of nitrogens with two attached hydrogens (primary N) is 1. The number of rotatable bonds is 1. The zero-order valence-corrected chi connectivity index (χ0v) is 7.22. The molecule has 2 fully saturated rings. The van der Waals surface area contributed by atoms with Crippen molar-refractivity contribution in [2.24, 2.45) is 17.6 Å². The van der Waals surface area contributed by atoms with Gasteiger partial charge in [-0.25, -0.2) is 0 Å². The Labute approximate surface area is 68.5 Å². The van der Waals surface area contributed by atoms with Crippen molar-refractivity contribution in [3.63, 3.8) is 0 Å². The summed E-state index contributed by atoms with van der Waals surface area (Å²) in [7, 11) is 0. The van der Waals surface area contributed by atoms with Crippen LogP contribution >= 0.6 is 0 Å². The second-order valence-electron chi connectivity index (χ2n) is 4.08. The molecule has 0 aromatic heterocycles. The molecule has 4 atom stereocenters. The molecule has 2 aliphatic rings. The first-order valence-corrected chi connectivity index (χ1v) is 4.80. The number of fused-ring (bicyclic) bond motifs is 1. The molecule has 1 heterocycles. The maximum atomic E-state index is 5.91. The fourth-order valence-corrected chi connectivity index (χ4v) is 2.83. The molecule has 0 aromatic rings. The molecule has 64 valence electrons. The van der Waals surface area contributed by atoms with Crippen LogP contribution in [0.3, 0.4) is 0 Å². The number of nitrogens with one attached hydrogen (secondary N) is 1. The van der Waals surface area contributed by atoms with Gasteiger partial charge in [-0.1, -0.05) is 6.92 Å². The van der Waals surface area contributed by atoms with Crippen LogP contribution in [0.1, 0.15) is 26.2 Å². The molecule has 0 aromatic carbocycles. The quantitative estimate of drug-likeness (QED) is 0.584. The van der Waals surface area contributed by atoms with Gasteiger partial charge in [0.1, 0.15) is 0 Å². The van der Waals surface area contributed by atoms with Gasteiger partial charge in [-0.3, -0.25) is 0 Å². The molecule has 1 aliphatic heterocycles. The maximum absolute atomic E-state index is 5.91. The summed E-state index contributed by atoms with van der Waals surface area (Å²) in [6, 6.07) is 1.27. The Morgan fingerprint density at radius 2 is 2.27 bits per heavy atom. The highest BCUT2D eigenvalue weighted by Gasteiger charge is 2.40. The van der Waals surface area contributed by atoms with Gasteiger partial charge in [0, 0.05) is 12.1 Å². The fraction of sp³-hybridized carbons (Fsp3) is 1.00. The summed E-state index contributed by atoms with van der Waals surface area (Å²) in [5.74, 6) is 1.80. The van der Waals surface area contributed by atoms with Crippen molar-refractivity contribution in [1.82, 2.24) is 5.32 Å². The topological polar surface area (TPSA) is 38.0 Å². The van der Waals surface area contributed by atoms with Gasteiger partial charge in [0.05, 0.1) is 0 Å². The van der Waals surface area contributed by atoms with Crippen LogP contribution in [0.2, 0.25) is 0 Å². The second kappa shape index (κ2) is 2.76. The van der Waals surface area contributed by atoms with Crippen molar-refractivity contribution in [2.45, 2.75) is 38.3 Å². The monoisotopic (exact) mass is 154 g/mol. The highest BCUT2D eigenvalue weighted by molar-refractivity contribution is 4.97. The zero-order chi connectivity index (χ0) is 7.84. The van der Waals surface area contributed by atoms with E-state index >= 15 is 0 Å². The summed E-state index contributed by atoms with van der Waals surface area (Å²) >= 11 is 0. The van der Waals surface area contributed by atoms with Crippen molar-refractivity contribution in [3.8, 4) is 0 Å². The van der Waals surface area contributed by atoms with Crippen LogP contribution in [0.25, 0.3) is 0 Å². The Hall–Kier alpha value is -0.0800. The van der Waals surface area contributed by atoms with E-state index in [9.17, 15) is 0 Å². The molecular weight excluding hydrogens is 136 g/mol. The van der Waals surface area contributed by atoms with Gasteiger partial charge in [-0.05, 0) is 37.6 Å². The Kier molecular flexibility index (Phi) is 1.90.